The summed E-state index contributed by atoms with van der Waals surface area (Å²) in [6.45, 7) is 2.91. The van der Waals surface area contributed by atoms with Crippen LogP contribution in [0.5, 0.6) is 0 Å². The Labute approximate surface area is 141 Å². The number of rotatable bonds is 4. The molecule has 0 spiro atoms. The fourth-order valence-electron chi connectivity index (χ4n) is 2.79. The van der Waals surface area contributed by atoms with Crippen LogP contribution < -0.4 is 5.32 Å². The van der Waals surface area contributed by atoms with Crippen LogP contribution in [0.1, 0.15) is 29.5 Å². The van der Waals surface area contributed by atoms with Gasteiger partial charge in [0.15, 0.2) is 5.76 Å². The summed E-state index contributed by atoms with van der Waals surface area (Å²) in [6, 6.07) is 12.8. The van der Waals surface area contributed by atoms with Gasteiger partial charge in [0.05, 0.1) is 6.26 Å². The maximum absolute atomic E-state index is 12.5. The van der Waals surface area contributed by atoms with Gasteiger partial charge >= 0.3 is 0 Å². The Balaban J connectivity index is 1.58. The van der Waals surface area contributed by atoms with Crippen LogP contribution in [-0.4, -0.2) is 35.8 Å². The first-order chi connectivity index (χ1) is 11.6. The molecule has 1 aliphatic rings. The quantitative estimate of drug-likeness (QED) is 0.940. The first-order valence-corrected chi connectivity index (χ1v) is 8.03. The molecule has 0 saturated heterocycles. The molecular formula is C19H20N2O3. The number of carbonyl (C=O) groups excluding carboxylic acids is 2. The Morgan fingerprint density at radius 2 is 1.96 bits per heavy atom. The van der Waals surface area contributed by atoms with Crippen molar-refractivity contribution in [3.63, 3.8) is 0 Å². The number of furan rings is 1. The van der Waals surface area contributed by atoms with Crippen LogP contribution in [0, 0.1) is 0 Å². The highest BCUT2D eigenvalue weighted by Crippen LogP contribution is 2.22. The van der Waals surface area contributed by atoms with Crippen molar-refractivity contribution in [3.8, 4) is 0 Å². The second kappa shape index (κ2) is 7.17. The maximum Gasteiger partial charge on any atom is 0.287 e. The predicted octanol–water partition coefficient (Wildman–Crippen LogP) is 2.71. The average molecular weight is 324 g/mol. The highest BCUT2D eigenvalue weighted by molar-refractivity contribution is 5.95. The fourth-order valence-corrected chi connectivity index (χ4v) is 2.79. The lowest BCUT2D eigenvalue weighted by molar-refractivity contribution is -0.132. The lowest BCUT2D eigenvalue weighted by Gasteiger charge is -2.29. The molecule has 0 fully saturated rings. The minimum atomic E-state index is -0.589. The van der Waals surface area contributed by atoms with E-state index in [2.05, 4.69) is 23.5 Å². The highest BCUT2D eigenvalue weighted by atomic mass is 16.3. The van der Waals surface area contributed by atoms with Crippen molar-refractivity contribution in [2.75, 3.05) is 13.1 Å². The van der Waals surface area contributed by atoms with Crippen LogP contribution in [-0.2, 0) is 4.79 Å². The van der Waals surface area contributed by atoms with E-state index in [1.54, 1.807) is 24.0 Å². The molecule has 2 amide bonds. The zero-order chi connectivity index (χ0) is 16.9. The molecule has 1 aromatic carbocycles. The molecule has 1 N–H and O–H groups in total. The van der Waals surface area contributed by atoms with Crippen LogP contribution in [0.3, 0.4) is 0 Å². The fraction of sp³-hybridized carbons (Fsp3) is 0.263. The summed E-state index contributed by atoms with van der Waals surface area (Å²) in [6.07, 6.45) is 4.33. The van der Waals surface area contributed by atoms with Crippen molar-refractivity contribution < 1.29 is 14.0 Å². The Hall–Kier alpha value is -2.82. The Morgan fingerprint density at radius 1 is 1.17 bits per heavy atom. The zero-order valence-corrected chi connectivity index (χ0v) is 13.6. The summed E-state index contributed by atoms with van der Waals surface area (Å²) >= 11 is 0. The minimum absolute atomic E-state index is 0.0849. The molecule has 5 heteroatoms. The van der Waals surface area contributed by atoms with E-state index in [0.29, 0.717) is 13.1 Å². The molecule has 0 saturated carbocycles. The van der Waals surface area contributed by atoms with Crippen LogP contribution in [0.25, 0.3) is 5.57 Å². The van der Waals surface area contributed by atoms with E-state index in [1.165, 1.54) is 17.4 Å². The summed E-state index contributed by atoms with van der Waals surface area (Å²) in [5.74, 6) is -0.254. The molecule has 0 bridgehead atoms. The number of nitrogens with zero attached hydrogens (tertiary/aromatic N) is 1. The van der Waals surface area contributed by atoms with Gasteiger partial charge in [-0.1, -0.05) is 36.4 Å². The van der Waals surface area contributed by atoms with Crippen LogP contribution >= 0.6 is 0 Å². The topological polar surface area (TPSA) is 62.6 Å². The van der Waals surface area contributed by atoms with E-state index in [0.717, 1.165) is 6.42 Å². The number of hydrogen-bond donors (Lipinski definition) is 1. The van der Waals surface area contributed by atoms with Gasteiger partial charge in [-0.3, -0.25) is 9.59 Å². The van der Waals surface area contributed by atoms with Gasteiger partial charge in [0.1, 0.15) is 6.04 Å². The van der Waals surface area contributed by atoms with Crippen LogP contribution in [0.2, 0.25) is 0 Å². The molecule has 5 nitrogen and oxygen atoms in total. The molecule has 0 radical (unpaired) electrons. The first kappa shape index (κ1) is 16.1. The third-order valence-corrected chi connectivity index (χ3v) is 4.13. The third kappa shape index (κ3) is 3.56. The summed E-state index contributed by atoms with van der Waals surface area (Å²) in [7, 11) is 0. The van der Waals surface area contributed by atoms with E-state index in [9.17, 15) is 9.59 Å². The van der Waals surface area contributed by atoms with Gasteiger partial charge in [0.25, 0.3) is 5.91 Å². The van der Waals surface area contributed by atoms with Gasteiger partial charge in [0, 0.05) is 13.1 Å². The Morgan fingerprint density at radius 3 is 2.58 bits per heavy atom. The van der Waals surface area contributed by atoms with E-state index in [4.69, 9.17) is 4.42 Å². The van der Waals surface area contributed by atoms with E-state index in [1.807, 2.05) is 18.2 Å². The smallest absolute Gasteiger partial charge is 0.287 e. The van der Waals surface area contributed by atoms with Crippen molar-refractivity contribution in [1.82, 2.24) is 10.2 Å². The number of benzene rings is 1. The summed E-state index contributed by atoms with van der Waals surface area (Å²) in [5, 5.41) is 2.68. The van der Waals surface area contributed by atoms with Crippen LogP contribution in [0.4, 0.5) is 0 Å². The second-order valence-corrected chi connectivity index (χ2v) is 5.80. The van der Waals surface area contributed by atoms with Gasteiger partial charge in [-0.25, -0.2) is 0 Å². The van der Waals surface area contributed by atoms with Crippen molar-refractivity contribution in [3.05, 3.63) is 66.1 Å². The molecule has 2 heterocycles. The maximum atomic E-state index is 12.5. The van der Waals surface area contributed by atoms with Gasteiger partial charge in [-0.2, -0.15) is 0 Å². The largest absolute Gasteiger partial charge is 0.459 e. The van der Waals surface area contributed by atoms with Crippen molar-refractivity contribution in [2.45, 2.75) is 19.4 Å². The minimum Gasteiger partial charge on any atom is -0.459 e. The normalized spacial score (nSPS) is 15.5. The molecule has 3 rings (SSSR count). The average Bonchev–Trinajstić information content (AvgIpc) is 3.17. The standard InChI is InChI=1S/C19H20N2O3/c1-14(20-18(22)17-8-5-13-24-17)19(23)21-11-9-16(10-12-21)15-6-3-2-4-7-15/h2-9,13-14H,10-12H2,1H3,(H,20,22)/t14-/m1/s1. The van der Waals surface area contributed by atoms with Gasteiger partial charge in [0.2, 0.25) is 5.91 Å². The molecule has 1 atom stereocenters. The number of nitrogens with one attached hydrogen (secondary N) is 1. The van der Waals surface area contributed by atoms with Crippen LogP contribution in [0.15, 0.2) is 59.2 Å². The molecule has 1 aromatic heterocycles. The van der Waals surface area contributed by atoms with E-state index >= 15 is 0 Å². The molecule has 0 unspecified atom stereocenters. The lowest BCUT2D eigenvalue weighted by atomic mass is 9.99. The Bertz CT molecular complexity index is 735. The van der Waals surface area contributed by atoms with Crippen molar-refractivity contribution in [2.24, 2.45) is 0 Å². The van der Waals surface area contributed by atoms with Gasteiger partial charge in [-0.05, 0) is 36.6 Å². The summed E-state index contributed by atoms with van der Waals surface area (Å²) in [5.41, 5.74) is 2.45. The molecule has 124 valence electrons. The van der Waals surface area contributed by atoms with Crippen molar-refractivity contribution >= 4 is 17.4 Å². The summed E-state index contributed by atoms with van der Waals surface area (Å²) < 4.78 is 5.04. The highest BCUT2D eigenvalue weighted by Gasteiger charge is 2.24. The van der Waals surface area contributed by atoms with E-state index in [-0.39, 0.29) is 17.6 Å². The molecule has 24 heavy (non-hydrogen) atoms. The SMILES string of the molecule is C[C@@H](NC(=O)c1ccco1)C(=O)N1CC=C(c2ccccc2)CC1. The van der Waals surface area contributed by atoms with Crippen molar-refractivity contribution in [1.29, 1.82) is 0 Å². The third-order valence-electron chi connectivity index (χ3n) is 4.13. The predicted molar refractivity (Wildman–Crippen MR) is 91.3 cm³/mol. The Kier molecular flexibility index (Phi) is 4.79. The monoisotopic (exact) mass is 324 g/mol. The molecular weight excluding hydrogens is 304 g/mol. The lowest BCUT2D eigenvalue weighted by Crippen LogP contribution is -2.48. The summed E-state index contributed by atoms with van der Waals surface area (Å²) in [4.78, 5) is 26.2. The molecule has 1 aliphatic heterocycles. The molecule has 0 aliphatic carbocycles. The number of carbonyl (C=O) groups is 2. The van der Waals surface area contributed by atoms with E-state index < -0.39 is 6.04 Å². The second-order valence-electron chi connectivity index (χ2n) is 5.80. The van der Waals surface area contributed by atoms with Gasteiger partial charge in [-0.15, -0.1) is 0 Å². The molecule has 2 aromatic rings. The number of hydrogen-bond acceptors (Lipinski definition) is 3. The zero-order valence-electron chi connectivity index (χ0n) is 13.6. The van der Waals surface area contributed by atoms with Gasteiger partial charge < -0.3 is 14.6 Å². The first-order valence-electron chi connectivity index (χ1n) is 8.03. The number of amides is 2.